The molecule has 1 N–H and O–H groups in total. The fraction of sp³-hybridized carbons (Fsp3) is 0.250. The Morgan fingerprint density at radius 3 is 2.64 bits per heavy atom. The molecule has 0 saturated heterocycles. The maximum Gasteiger partial charge on any atom is 0.290 e. The van der Waals surface area contributed by atoms with Crippen molar-refractivity contribution < 1.29 is 12.8 Å². The van der Waals surface area contributed by atoms with Gasteiger partial charge in [0.2, 0.25) is 0 Å². The minimum absolute atomic E-state index is 0.0609. The quantitative estimate of drug-likeness (QED) is 0.765. The molecule has 0 fully saturated rings. The van der Waals surface area contributed by atoms with Gasteiger partial charge in [-0.15, -0.1) is 0 Å². The summed E-state index contributed by atoms with van der Waals surface area (Å²) in [5.41, 5.74) is 0.408. The highest BCUT2D eigenvalue weighted by Crippen LogP contribution is 2.20. The molecule has 0 amide bonds. The molecular formula is C16H17FN4O3S. The Morgan fingerprint density at radius 2 is 2.00 bits per heavy atom. The number of anilines is 1. The Hall–Kier alpha value is -2.68. The summed E-state index contributed by atoms with van der Waals surface area (Å²) >= 11 is 0. The zero-order chi connectivity index (χ0) is 18.4. The first-order valence-corrected chi connectivity index (χ1v) is 9.08. The van der Waals surface area contributed by atoms with E-state index in [1.807, 2.05) is 6.92 Å². The van der Waals surface area contributed by atoms with Crippen LogP contribution < -0.4 is 10.3 Å². The fourth-order valence-electron chi connectivity index (χ4n) is 2.56. The molecular weight excluding hydrogens is 347 g/mol. The Kier molecular flexibility index (Phi) is 4.11. The number of halogens is 1. The van der Waals surface area contributed by atoms with Crippen molar-refractivity contribution in [2.75, 3.05) is 4.72 Å². The van der Waals surface area contributed by atoms with Crippen molar-refractivity contribution in [2.24, 2.45) is 7.05 Å². The Bertz CT molecular complexity index is 1130. The van der Waals surface area contributed by atoms with Crippen LogP contribution in [0.3, 0.4) is 0 Å². The molecule has 25 heavy (non-hydrogen) atoms. The molecule has 0 aliphatic rings. The van der Waals surface area contributed by atoms with Crippen molar-refractivity contribution in [3.8, 4) is 0 Å². The van der Waals surface area contributed by atoms with Crippen LogP contribution in [0.5, 0.6) is 0 Å². The number of aryl methyl sites for hydroxylation is 3. The van der Waals surface area contributed by atoms with Crippen LogP contribution in [0.15, 0.2) is 40.2 Å². The van der Waals surface area contributed by atoms with Crippen LogP contribution in [0.2, 0.25) is 0 Å². The third kappa shape index (κ3) is 3.02. The minimum Gasteiger partial charge on any atom is -0.297 e. The molecule has 0 bridgehead atoms. The lowest BCUT2D eigenvalue weighted by Crippen LogP contribution is -2.23. The van der Waals surface area contributed by atoms with E-state index >= 15 is 0 Å². The van der Waals surface area contributed by atoms with Crippen molar-refractivity contribution in [3.05, 3.63) is 58.0 Å². The van der Waals surface area contributed by atoms with E-state index in [0.29, 0.717) is 17.8 Å². The first kappa shape index (κ1) is 17.2. The van der Waals surface area contributed by atoms with Crippen molar-refractivity contribution in [1.82, 2.24) is 14.2 Å². The van der Waals surface area contributed by atoms with E-state index in [1.165, 1.54) is 46.6 Å². The highest BCUT2D eigenvalue weighted by Gasteiger charge is 2.20. The summed E-state index contributed by atoms with van der Waals surface area (Å²) in [7, 11) is -2.41. The highest BCUT2D eigenvalue weighted by molar-refractivity contribution is 7.92. The van der Waals surface area contributed by atoms with Gasteiger partial charge in [0, 0.05) is 25.4 Å². The lowest BCUT2D eigenvalue weighted by atomic mass is 10.2. The zero-order valence-corrected chi connectivity index (χ0v) is 14.8. The molecule has 2 heterocycles. The molecule has 0 atom stereocenters. The van der Waals surface area contributed by atoms with E-state index in [4.69, 9.17) is 0 Å². The van der Waals surface area contributed by atoms with Gasteiger partial charge in [-0.2, -0.15) is 5.10 Å². The normalized spacial score (nSPS) is 11.8. The third-order valence-electron chi connectivity index (χ3n) is 3.89. The van der Waals surface area contributed by atoms with Gasteiger partial charge in [0.1, 0.15) is 22.1 Å². The molecule has 0 aliphatic heterocycles. The molecule has 132 valence electrons. The predicted molar refractivity (Wildman–Crippen MR) is 91.8 cm³/mol. The van der Waals surface area contributed by atoms with Crippen molar-refractivity contribution >= 4 is 21.2 Å². The second kappa shape index (κ2) is 5.99. The third-order valence-corrected chi connectivity index (χ3v) is 5.24. The lowest BCUT2D eigenvalue weighted by Gasteiger charge is -2.07. The standard InChI is InChI=1S/C16H17FN4O3S/c1-4-15-18-20(3)16(22)14-8-12(9-21(14)15)25(23,24)19-11-5-6-13(17)10(2)7-11/h5-9,19H,4H2,1-3H3. The molecule has 0 spiro atoms. The minimum atomic E-state index is -3.93. The SMILES string of the molecule is CCc1nn(C)c(=O)c2cc(S(=O)(=O)Nc3ccc(F)c(C)c3)cn12. The molecule has 9 heteroatoms. The van der Waals surface area contributed by atoms with Crippen LogP contribution in [-0.2, 0) is 23.5 Å². The number of sulfonamides is 1. The van der Waals surface area contributed by atoms with Crippen molar-refractivity contribution in [1.29, 1.82) is 0 Å². The molecule has 7 nitrogen and oxygen atoms in total. The van der Waals surface area contributed by atoms with Crippen LogP contribution in [0.1, 0.15) is 18.3 Å². The van der Waals surface area contributed by atoms with Crippen LogP contribution in [0.25, 0.3) is 5.52 Å². The Labute approximate surface area is 143 Å². The molecule has 0 radical (unpaired) electrons. The van der Waals surface area contributed by atoms with E-state index in [9.17, 15) is 17.6 Å². The molecule has 2 aromatic heterocycles. The zero-order valence-electron chi connectivity index (χ0n) is 13.9. The van der Waals surface area contributed by atoms with E-state index < -0.39 is 21.4 Å². The summed E-state index contributed by atoms with van der Waals surface area (Å²) in [6.45, 7) is 3.41. The van der Waals surface area contributed by atoms with Crippen molar-refractivity contribution in [2.45, 2.75) is 25.2 Å². The van der Waals surface area contributed by atoms with Gasteiger partial charge in [-0.05, 0) is 36.8 Å². The number of benzene rings is 1. The van der Waals surface area contributed by atoms with Crippen molar-refractivity contribution in [3.63, 3.8) is 0 Å². The largest absolute Gasteiger partial charge is 0.297 e. The van der Waals surface area contributed by atoms with Gasteiger partial charge in [0.05, 0.1) is 0 Å². The lowest BCUT2D eigenvalue weighted by molar-refractivity contribution is 0.600. The summed E-state index contributed by atoms with van der Waals surface area (Å²) in [6.07, 6.45) is 1.89. The smallest absolute Gasteiger partial charge is 0.290 e. The number of nitrogens with zero attached hydrogens (tertiary/aromatic N) is 3. The van der Waals surface area contributed by atoms with Gasteiger partial charge in [-0.25, -0.2) is 17.5 Å². The van der Waals surface area contributed by atoms with Gasteiger partial charge < -0.3 is 0 Å². The van der Waals surface area contributed by atoms with Gasteiger partial charge in [-0.1, -0.05) is 6.92 Å². The number of hydrogen-bond donors (Lipinski definition) is 1. The first-order chi connectivity index (χ1) is 11.7. The number of fused-ring (bicyclic) bond motifs is 1. The number of nitrogens with one attached hydrogen (secondary N) is 1. The van der Waals surface area contributed by atoms with Crippen LogP contribution in [0.4, 0.5) is 10.1 Å². The predicted octanol–water partition coefficient (Wildman–Crippen LogP) is 1.84. The summed E-state index contributed by atoms with van der Waals surface area (Å²) < 4.78 is 43.6. The molecule has 0 aliphatic carbocycles. The van der Waals surface area contributed by atoms with E-state index in [1.54, 1.807) is 6.92 Å². The molecule has 1 aromatic carbocycles. The second-order valence-electron chi connectivity index (χ2n) is 5.70. The van der Waals surface area contributed by atoms with E-state index in [0.717, 1.165) is 0 Å². The molecule has 3 aromatic rings. The highest BCUT2D eigenvalue weighted by atomic mass is 32.2. The monoisotopic (exact) mass is 364 g/mol. The maximum absolute atomic E-state index is 13.3. The summed E-state index contributed by atoms with van der Waals surface area (Å²) in [4.78, 5) is 12.1. The summed E-state index contributed by atoms with van der Waals surface area (Å²) in [5.74, 6) is 0.149. The molecule has 0 saturated carbocycles. The van der Waals surface area contributed by atoms with Gasteiger partial charge >= 0.3 is 0 Å². The van der Waals surface area contributed by atoms with Gasteiger partial charge in [0.15, 0.2) is 0 Å². The fourth-order valence-corrected chi connectivity index (χ4v) is 3.63. The summed E-state index contributed by atoms with van der Waals surface area (Å²) in [6, 6.07) is 5.24. The van der Waals surface area contributed by atoms with Crippen LogP contribution >= 0.6 is 0 Å². The Morgan fingerprint density at radius 1 is 1.28 bits per heavy atom. The van der Waals surface area contributed by atoms with E-state index in [-0.39, 0.29) is 16.1 Å². The van der Waals surface area contributed by atoms with Gasteiger partial charge in [-0.3, -0.25) is 13.9 Å². The van der Waals surface area contributed by atoms with Crippen LogP contribution in [-0.4, -0.2) is 22.6 Å². The number of hydrogen-bond acceptors (Lipinski definition) is 4. The Balaban J connectivity index is 2.09. The average molecular weight is 364 g/mol. The van der Waals surface area contributed by atoms with Crippen LogP contribution in [0, 0.1) is 12.7 Å². The van der Waals surface area contributed by atoms with E-state index in [2.05, 4.69) is 9.82 Å². The number of aromatic nitrogens is 3. The average Bonchev–Trinajstić information content (AvgIpc) is 3.01. The maximum atomic E-state index is 13.3. The summed E-state index contributed by atoms with van der Waals surface area (Å²) in [5, 5.41) is 4.13. The van der Waals surface area contributed by atoms with Gasteiger partial charge in [0.25, 0.3) is 15.6 Å². The first-order valence-electron chi connectivity index (χ1n) is 7.60. The molecule has 3 rings (SSSR count). The molecule has 0 unspecified atom stereocenters. The number of rotatable bonds is 4. The second-order valence-corrected chi connectivity index (χ2v) is 7.38. The topological polar surface area (TPSA) is 85.5 Å².